The molecule has 29 heavy (non-hydrogen) atoms. The molecule has 0 aromatic heterocycles. The summed E-state index contributed by atoms with van der Waals surface area (Å²) in [4.78, 5) is 23.3. The highest BCUT2D eigenvalue weighted by molar-refractivity contribution is 5.81. The number of amides is 1. The first-order valence-corrected chi connectivity index (χ1v) is 8.68. The second kappa shape index (κ2) is 8.12. The van der Waals surface area contributed by atoms with Gasteiger partial charge in [0.05, 0.1) is 0 Å². The number of carbonyl (C=O) groups excluding carboxylic acids is 1. The van der Waals surface area contributed by atoms with Gasteiger partial charge in [-0.25, -0.2) is 9.59 Å². The van der Waals surface area contributed by atoms with Crippen LogP contribution < -0.4 is 5.32 Å². The van der Waals surface area contributed by atoms with E-state index < -0.39 is 30.4 Å². The van der Waals surface area contributed by atoms with E-state index in [9.17, 15) is 22.8 Å². The van der Waals surface area contributed by atoms with Crippen molar-refractivity contribution in [3.63, 3.8) is 0 Å². The molecule has 1 amide bonds. The Morgan fingerprint density at radius 2 is 1.59 bits per heavy atom. The van der Waals surface area contributed by atoms with Crippen molar-refractivity contribution in [1.29, 1.82) is 0 Å². The van der Waals surface area contributed by atoms with E-state index in [-0.39, 0.29) is 12.5 Å². The fourth-order valence-electron chi connectivity index (χ4n) is 3.49. The zero-order valence-electron chi connectivity index (χ0n) is 15.3. The van der Waals surface area contributed by atoms with Crippen LogP contribution in [0.2, 0.25) is 0 Å². The zero-order valence-corrected chi connectivity index (χ0v) is 15.3. The van der Waals surface area contributed by atoms with Crippen LogP contribution in [0, 0.1) is 0 Å². The minimum Gasteiger partial charge on any atom is -0.480 e. The summed E-state index contributed by atoms with van der Waals surface area (Å²) in [6.07, 6.45) is -8.96. The topological polar surface area (TPSA) is 84.9 Å². The maximum absolute atomic E-state index is 13.0. The van der Waals surface area contributed by atoms with Crippen LogP contribution in [0.5, 0.6) is 0 Å². The molecule has 0 fully saturated rings. The van der Waals surface area contributed by atoms with Crippen LogP contribution in [0.1, 0.15) is 17.0 Å². The quantitative estimate of drug-likeness (QED) is 0.762. The Morgan fingerprint density at radius 1 is 1.07 bits per heavy atom. The molecule has 154 valence electrons. The summed E-state index contributed by atoms with van der Waals surface area (Å²) in [5.74, 6) is -2.19. The molecule has 0 saturated heterocycles. The minimum atomic E-state index is -4.98. The maximum Gasteiger partial charge on any atom is 0.417 e. The molecule has 0 bridgehead atoms. The number of fused-ring (bicyclic) bond motifs is 3. The monoisotopic (exact) mass is 409 g/mol. The highest BCUT2D eigenvalue weighted by Crippen LogP contribution is 2.44. The lowest BCUT2D eigenvalue weighted by Gasteiger charge is -2.25. The number of alkyl halides is 3. The van der Waals surface area contributed by atoms with Crippen LogP contribution in [0.15, 0.2) is 48.5 Å². The van der Waals surface area contributed by atoms with Gasteiger partial charge >= 0.3 is 18.2 Å². The van der Waals surface area contributed by atoms with Crippen molar-refractivity contribution in [3.05, 3.63) is 59.7 Å². The Morgan fingerprint density at radius 3 is 2.03 bits per heavy atom. The number of carboxylic acid groups (broad SMARTS) is 1. The van der Waals surface area contributed by atoms with Crippen LogP contribution in [-0.2, 0) is 14.3 Å². The fraction of sp³-hybridized carbons (Fsp3) is 0.300. The van der Waals surface area contributed by atoms with E-state index in [2.05, 4.69) is 4.74 Å². The van der Waals surface area contributed by atoms with Crippen LogP contribution in [0.4, 0.5) is 18.0 Å². The predicted molar refractivity (Wildman–Crippen MR) is 96.5 cm³/mol. The summed E-state index contributed by atoms with van der Waals surface area (Å²) >= 11 is 0. The largest absolute Gasteiger partial charge is 0.480 e. The Kier molecular flexibility index (Phi) is 5.78. The van der Waals surface area contributed by atoms with Crippen molar-refractivity contribution in [2.24, 2.45) is 0 Å². The van der Waals surface area contributed by atoms with Gasteiger partial charge in [-0.2, -0.15) is 13.2 Å². The molecule has 0 spiro atoms. The summed E-state index contributed by atoms with van der Waals surface area (Å²) in [6, 6.07) is 12.7. The van der Waals surface area contributed by atoms with E-state index in [4.69, 9.17) is 9.84 Å². The summed E-state index contributed by atoms with van der Waals surface area (Å²) in [5, 5.41) is 10.8. The molecule has 1 aliphatic carbocycles. The second-order valence-electron chi connectivity index (χ2n) is 6.48. The third kappa shape index (κ3) is 4.19. The standard InChI is InChI=1S/C20H18F3NO5/c1-28-17(20(21,22)23)16(18(25)26)24-19(27)29-10-15-13-8-4-2-6-11(13)12-7-3-5-9-14(12)15/h2-9,15-17H,10H2,1H3,(H,24,27)(H,25,26). The lowest BCUT2D eigenvalue weighted by Crippen LogP contribution is -2.55. The van der Waals surface area contributed by atoms with Gasteiger partial charge in [0.1, 0.15) is 6.61 Å². The van der Waals surface area contributed by atoms with Crippen molar-refractivity contribution in [3.8, 4) is 11.1 Å². The zero-order chi connectivity index (χ0) is 21.2. The van der Waals surface area contributed by atoms with Crippen molar-refractivity contribution in [2.75, 3.05) is 13.7 Å². The lowest BCUT2D eigenvalue weighted by atomic mass is 9.98. The number of carbonyl (C=O) groups is 2. The number of benzene rings is 2. The number of hydrogen-bond donors (Lipinski definition) is 2. The molecule has 0 saturated carbocycles. The van der Waals surface area contributed by atoms with E-state index in [0.717, 1.165) is 22.3 Å². The molecule has 3 rings (SSSR count). The molecule has 2 unspecified atom stereocenters. The smallest absolute Gasteiger partial charge is 0.417 e. The van der Waals surface area contributed by atoms with Crippen molar-refractivity contribution in [1.82, 2.24) is 5.32 Å². The van der Waals surface area contributed by atoms with Gasteiger partial charge in [0.15, 0.2) is 12.1 Å². The molecule has 0 heterocycles. The normalized spacial score (nSPS) is 15.2. The Balaban J connectivity index is 1.73. The Hall–Kier alpha value is -3.07. The molecule has 6 nitrogen and oxygen atoms in total. The van der Waals surface area contributed by atoms with E-state index in [1.807, 2.05) is 48.5 Å². The van der Waals surface area contributed by atoms with Gasteiger partial charge in [-0.3, -0.25) is 0 Å². The maximum atomic E-state index is 13.0. The lowest BCUT2D eigenvalue weighted by molar-refractivity contribution is -0.223. The molecule has 2 N–H and O–H groups in total. The van der Waals surface area contributed by atoms with E-state index in [1.54, 1.807) is 5.32 Å². The molecule has 9 heteroatoms. The van der Waals surface area contributed by atoms with Crippen molar-refractivity contribution < 1.29 is 37.3 Å². The molecule has 0 radical (unpaired) electrons. The SMILES string of the molecule is COC(C(NC(=O)OCC1c2ccccc2-c2ccccc21)C(=O)O)C(F)(F)F. The van der Waals surface area contributed by atoms with Crippen LogP contribution in [-0.4, -0.2) is 49.2 Å². The van der Waals surface area contributed by atoms with Gasteiger partial charge in [0, 0.05) is 13.0 Å². The van der Waals surface area contributed by atoms with Crippen LogP contribution in [0.25, 0.3) is 11.1 Å². The number of methoxy groups -OCH3 is 1. The second-order valence-corrected chi connectivity index (χ2v) is 6.48. The number of halogens is 3. The van der Waals surface area contributed by atoms with Gasteiger partial charge in [-0.1, -0.05) is 48.5 Å². The molecule has 2 aromatic carbocycles. The van der Waals surface area contributed by atoms with Crippen LogP contribution in [0.3, 0.4) is 0 Å². The summed E-state index contributed by atoms with van der Waals surface area (Å²) in [5.41, 5.74) is 3.80. The number of rotatable bonds is 6. The first-order chi connectivity index (χ1) is 13.7. The summed E-state index contributed by atoms with van der Waals surface area (Å²) < 4.78 is 48.2. The Labute approximate surface area is 164 Å². The summed E-state index contributed by atoms with van der Waals surface area (Å²) in [7, 11) is 0.716. The van der Waals surface area contributed by atoms with Gasteiger partial charge in [0.2, 0.25) is 0 Å². The van der Waals surface area contributed by atoms with Crippen molar-refractivity contribution >= 4 is 12.1 Å². The van der Waals surface area contributed by atoms with E-state index in [1.165, 1.54) is 0 Å². The first kappa shape index (κ1) is 20.7. The highest BCUT2D eigenvalue weighted by Gasteiger charge is 2.49. The van der Waals surface area contributed by atoms with Crippen molar-refractivity contribution in [2.45, 2.75) is 24.2 Å². The number of aliphatic carboxylic acids is 1. The first-order valence-electron chi connectivity index (χ1n) is 8.68. The minimum absolute atomic E-state index is 0.157. The van der Waals surface area contributed by atoms with Gasteiger partial charge in [-0.05, 0) is 22.3 Å². The number of carboxylic acids is 1. The van der Waals surface area contributed by atoms with Gasteiger partial charge in [0.25, 0.3) is 0 Å². The van der Waals surface area contributed by atoms with E-state index >= 15 is 0 Å². The fourth-order valence-corrected chi connectivity index (χ4v) is 3.49. The average Bonchev–Trinajstić information content (AvgIpc) is 2.99. The van der Waals surface area contributed by atoms with Crippen LogP contribution >= 0.6 is 0 Å². The Bertz CT molecular complexity index is 869. The third-order valence-corrected chi connectivity index (χ3v) is 4.76. The molecular weight excluding hydrogens is 391 g/mol. The molecule has 2 atom stereocenters. The average molecular weight is 409 g/mol. The molecular formula is C20H18F3NO5. The predicted octanol–water partition coefficient (Wildman–Crippen LogP) is 3.56. The number of ether oxygens (including phenoxy) is 2. The highest BCUT2D eigenvalue weighted by atomic mass is 19.4. The summed E-state index contributed by atoms with van der Waals surface area (Å²) in [6.45, 7) is -0.157. The molecule has 1 aliphatic rings. The number of hydrogen-bond acceptors (Lipinski definition) is 4. The number of alkyl carbamates (subject to hydrolysis) is 1. The van der Waals surface area contributed by atoms with Gasteiger partial charge < -0.3 is 19.9 Å². The third-order valence-electron chi connectivity index (χ3n) is 4.76. The molecule has 0 aliphatic heterocycles. The molecule has 2 aromatic rings. The number of nitrogens with one attached hydrogen (secondary N) is 1. The van der Waals surface area contributed by atoms with E-state index in [0.29, 0.717) is 7.11 Å². The van der Waals surface area contributed by atoms with Gasteiger partial charge in [-0.15, -0.1) is 0 Å².